The average molecular weight is 415 g/mol. The maximum atomic E-state index is 13.8. The standard InChI is InChI=1S/C20H18FN3O4S/c1-12(18(26)22-16-10-6-4-8-14(16)21)29-20-23-15-9-5-3-7-13(15)19(27)24(20)11-17(25)28-2/h3-10,12H,11H2,1-2H3,(H,22,26)/t12-/m1/s1. The van der Waals surface area contributed by atoms with Crippen molar-refractivity contribution in [1.29, 1.82) is 0 Å². The van der Waals surface area contributed by atoms with E-state index >= 15 is 0 Å². The van der Waals surface area contributed by atoms with E-state index < -0.39 is 28.5 Å². The zero-order chi connectivity index (χ0) is 21.0. The van der Waals surface area contributed by atoms with Crippen molar-refractivity contribution in [3.05, 3.63) is 64.7 Å². The van der Waals surface area contributed by atoms with Crippen LogP contribution in [0.15, 0.2) is 58.5 Å². The molecule has 1 N–H and O–H groups in total. The quantitative estimate of drug-likeness (QED) is 0.378. The van der Waals surface area contributed by atoms with Gasteiger partial charge in [0.05, 0.1) is 29.0 Å². The smallest absolute Gasteiger partial charge is 0.325 e. The molecule has 0 fully saturated rings. The van der Waals surface area contributed by atoms with E-state index in [1.54, 1.807) is 37.3 Å². The molecule has 7 nitrogen and oxygen atoms in total. The number of para-hydroxylation sites is 2. The lowest BCUT2D eigenvalue weighted by Crippen LogP contribution is -2.29. The Labute approximate surface area is 169 Å². The van der Waals surface area contributed by atoms with E-state index in [0.29, 0.717) is 10.9 Å². The number of hydrogen-bond donors (Lipinski definition) is 1. The molecule has 2 aromatic carbocycles. The lowest BCUT2D eigenvalue weighted by molar-refractivity contribution is -0.141. The lowest BCUT2D eigenvalue weighted by atomic mass is 10.2. The third kappa shape index (κ3) is 4.62. The molecule has 150 valence electrons. The van der Waals surface area contributed by atoms with Gasteiger partial charge in [-0.3, -0.25) is 19.0 Å². The summed E-state index contributed by atoms with van der Waals surface area (Å²) in [6.45, 7) is 1.27. The second-order valence-electron chi connectivity index (χ2n) is 6.11. The molecule has 9 heteroatoms. The minimum Gasteiger partial charge on any atom is -0.468 e. The van der Waals surface area contributed by atoms with Crippen molar-refractivity contribution in [2.45, 2.75) is 23.9 Å². The molecule has 1 amide bonds. The zero-order valence-electron chi connectivity index (χ0n) is 15.7. The van der Waals surface area contributed by atoms with E-state index in [1.165, 1.54) is 29.9 Å². The molecule has 0 saturated carbocycles. The van der Waals surface area contributed by atoms with E-state index in [-0.39, 0.29) is 17.4 Å². The predicted octanol–water partition coefficient (Wildman–Crippen LogP) is 2.83. The molecule has 0 spiro atoms. The van der Waals surface area contributed by atoms with E-state index in [4.69, 9.17) is 0 Å². The number of hydrogen-bond acceptors (Lipinski definition) is 6. The largest absolute Gasteiger partial charge is 0.468 e. The number of carbonyl (C=O) groups is 2. The fourth-order valence-electron chi connectivity index (χ4n) is 2.58. The van der Waals surface area contributed by atoms with Gasteiger partial charge in [0.1, 0.15) is 12.4 Å². The minimum atomic E-state index is -0.716. The molecule has 0 unspecified atom stereocenters. The topological polar surface area (TPSA) is 90.3 Å². The summed E-state index contributed by atoms with van der Waals surface area (Å²) < 4.78 is 19.6. The maximum absolute atomic E-state index is 13.8. The molecule has 0 aliphatic heterocycles. The second kappa shape index (κ2) is 8.87. The van der Waals surface area contributed by atoms with Crippen molar-refractivity contribution in [3.63, 3.8) is 0 Å². The number of halogens is 1. The lowest BCUT2D eigenvalue weighted by Gasteiger charge is -2.16. The van der Waals surface area contributed by atoms with Gasteiger partial charge in [0.2, 0.25) is 5.91 Å². The van der Waals surface area contributed by atoms with Gasteiger partial charge < -0.3 is 10.1 Å². The number of fused-ring (bicyclic) bond motifs is 1. The predicted molar refractivity (Wildman–Crippen MR) is 108 cm³/mol. The molecule has 0 radical (unpaired) electrons. The van der Waals surface area contributed by atoms with Crippen LogP contribution in [-0.2, 0) is 20.9 Å². The van der Waals surface area contributed by atoms with Gasteiger partial charge in [-0.2, -0.15) is 0 Å². The molecule has 0 aliphatic carbocycles. The van der Waals surface area contributed by atoms with Crippen LogP contribution in [0.3, 0.4) is 0 Å². The Morgan fingerprint density at radius 2 is 1.90 bits per heavy atom. The number of methoxy groups -OCH3 is 1. The van der Waals surface area contributed by atoms with Crippen molar-refractivity contribution < 1.29 is 18.7 Å². The third-order valence-corrected chi connectivity index (χ3v) is 5.21. The van der Waals surface area contributed by atoms with Gasteiger partial charge in [0.25, 0.3) is 5.56 Å². The molecule has 0 bridgehead atoms. The highest BCUT2D eigenvalue weighted by Gasteiger charge is 2.21. The number of benzene rings is 2. The van der Waals surface area contributed by atoms with Crippen molar-refractivity contribution in [2.75, 3.05) is 12.4 Å². The number of nitrogens with one attached hydrogen (secondary N) is 1. The van der Waals surface area contributed by atoms with Gasteiger partial charge in [0.15, 0.2) is 5.16 Å². The molecule has 1 heterocycles. The summed E-state index contributed by atoms with van der Waals surface area (Å²) in [4.78, 5) is 41.6. The van der Waals surface area contributed by atoms with Gasteiger partial charge >= 0.3 is 5.97 Å². The number of ether oxygens (including phenoxy) is 1. The van der Waals surface area contributed by atoms with Gasteiger partial charge in [-0.05, 0) is 31.2 Å². The number of nitrogens with zero attached hydrogens (tertiary/aromatic N) is 2. The van der Waals surface area contributed by atoms with Crippen LogP contribution in [0, 0.1) is 5.82 Å². The van der Waals surface area contributed by atoms with Crippen LogP contribution in [0.25, 0.3) is 10.9 Å². The first-order valence-electron chi connectivity index (χ1n) is 8.69. The number of thioether (sulfide) groups is 1. The van der Waals surface area contributed by atoms with Crippen molar-refractivity contribution in [2.24, 2.45) is 0 Å². The van der Waals surface area contributed by atoms with E-state index in [2.05, 4.69) is 15.0 Å². The average Bonchev–Trinajstić information content (AvgIpc) is 2.72. The number of amides is 1. The molecule has 29 heavy (non-hydrogen) atoms. The Hall–Kier alpha value is -3.20. The summed E-state index contributed by atoms with van der Waals surface area (Å²) in [5, 5.41) is 2.34. The Morgan fingerprint density at radius 3 is 2.62 bits per heavy atom. The number of rotatable bonds is 6. The SMILES string of the molecule is COC(=O)Cn1c(S[C@H](C)C(=O)Nc2ccccc2F)nc2ccccc2c1=O. The first-order chi connectivity index (χ1) is 13.9. The maximum Gasteiger partial charge on any atom is 0.325 e. The van der Waals surface area contributed by atoms with E-state index in [0.717, 1.165) is 11.8 Å². The first-order valence-corrected chi connectivity index (χ1v) is 9.57. The fraction of sp³-hybridized carbons (Fsp3) is 0.200. The van der Waals surface area contributed by atoms with Crippen molar-refractivity contribution >= 4 is 40.2 Å². The first kappa shape index (κ1) is 20.5. The van der Waals surface area contributed by atoms with Crippen LogP contribution in [0.1, 0.15) is 6.92 Å². The highest BCUT2D eigenvalue weighted by Crippen LogP contribution is 2.24. The summed E-state index contributed by atoms with van der Waals surface area (Å²) in [7, 11) is 1.22. The molecule has 1 atom stereocenters. The number of anilines is 1. The highest BCUT2D eigenvalue weighted by atomic mass is 32.2. The molecule has 3 aromatic rings. The summed E-state index contributed by atoms with van der Waals surface area (Å²) in [5.41, 5.74) is 0.0939. The molecule has 1 aromatic heterocycles. The molecule has 0 saturated heterocycles. The molecule has 0 aliphatic rings. The number of carbonyl (C=O) groups excluding carboxylic acids is 2. The number of esters is 1. The second-order valence-corrected chi connectivity index (χ2v) is 7.42. The summed E-state index contributed by atoms with van der Waals surface area (Å²) in [5.74, 6) is -1.63. The normalized spacial score (nSPS) is 11.8. The van der Waals surface area contributed by atoms with Gasteiger partial charge in [0, 0.05) is 0 Å². The number of aromatic nitrogens is 2. The van der Waals surface area contributed by atoms with Gasteiger partial charge in [-0.1, -0.05) is 36.0 Å². The van der Waals surface area contributed by atoms with Crippen LogP contribution in [0.2, 0.25) is 0 Å². The Bertz CT molecular complexity index is 1130. The van der Waals surface area contributed by atoms with Crippen molar-refractivity contribution in [1.82, 2.24) is 9.55 Å². The Morgan fingerprint density at radius 1 is 1.21 bits per heavy atom. The van der Waals surface area contributed by atoms with Crippen molar-refractivity contribution in [3.8, 4) is 0 Å². The highest BCUT2D eigenvalue weighted by molar-refractivity contribution is 8.00. The van der Waals surface area contributed by atoms with Crippen LogP contribution in [0.5, 0.6) is 0 Å². The summed E-state index contributed by atoms with van der Waals surface area (Å²) in [6.07, 6.45) is 0. The molecular formula is C20H18FN3O4S. The van der Waals surface area contributed by atoms with E-state index in [9.17, 15) is 18.8 Å². The Balaban J connectivity index is 1.92. The third-order valence-electron chi connectivity index (χ3n) is 4.12. The summed E-state index contributed by atoms with van der Waals surface area (Å²) in [6, 6.07) is 12.5. The van der Waals surface area contributed by atoms with Crippen LogP contribution in [0.4, 0.5) is 10.1 Å². The van der Waals surface area contributed by atoms with E-state index in [1.807, 2.05) is 0 Å². The Kier molecular flexibility index (Phi) is 6.28. The molecular weight excluding hydrogens is 397 g/mol. The summed E-state index contributed by atoms with van der Waals surface area (Å²) >= 11 is 0.994. The zero-order valence-corrected chi connectivity index (χ0v) is 16.5. The van der Waals surface area contributed by atoms with Crippen LogP contribution in [-0.4, -0.2) is 33.8 Å². The van der Waals surface area contributed by atoms with Gasteiger partial charge in [-0.25, -0.2) is 9.37 Å². The minimum absolute atomic E-state index is 0.0587. The monoisotopic (exact) mass is 415 g/mol. The van der Waals surface area contributed by atoms with Crippen LogP contribution < -0.4 is 10.9 Å². The molecule has 3 rings (SSSR count). The van der Waals surface area contributed by atoms with Gasteiger partial charge in [-0.15, -0.1) is 0 Å². The van der Waals surface area contributed by atoms with Crippen LogP contribution >= 0.6 is 11.8 Å². The fourth-order valence-corrected chi connectivity index (χ4v) is 3.49.